The van der Waals surface area contributed by atoms with E-state index in [-0.39, 0.29) is 5.91 Å². The Morgan fingerprint density at radius 2 is 1.88 bits per heavy atom. The van der Waals surface area contributed by atoms with Crippen LogP contribution in [0.4, 0.5) is 0 Å². The molecule has 2 aromatic heterocycles. The molecule has 0 radical (unpaired) electrons. The quantitative estimate of drug-likeness (QED) is 0.510. The van der Waals surface area contributed by atoms with E-state index in [9.17, 15) is 4.79 Å². The van der Waals surface area contributed by atoms with Crippen LogP contribution in [0.2, 0.25) is 0 Å². The minimum Gasteiger partial charge on any atom is -0.497 e. The van der Waals surface area contributed by atoms with Crippen LogP contribution in [0, 0.1) is 6.92 Å². The number of nitrogens with one attached hydrogen (secondary N) is 1. The van der Waals surface area contributed by atoms with Gasteiger partial charge in [0.25, 0.3) is 5.91 Å². The van der Waals surface area contributed by atoms with Crippen LogP contribution in [0.25, 0.3) is 22.4 Å². The third-order valence-electron chi connectivity index (χ3n) is 6.09. The molecule has 1 aliphatic heterocycles. The summed E-state index contributed by atoms with van der Waals surface area (Å²) in [6.45, 7) is 5.90. The second-order valence-corrected chi connectivity index (χ2v) is 8.26. The van der Waals surface area contributed by atoms with Crippen LogP contribution in [-0.2, 0) is 6.54 Å². The Bertz CT molecular complexity index is 1280. The van der Waals surface area contributed by atoms with Crippen molar-refractivity contribution in [2.75, 3.05) is 33.3 Å². The second-order valence-electron chi connectivity index (χ2n) is 8.26. The van der Waals surface area contributed by atoms with E-state index in [1.54, 1.807) is 7.11 Å². The molecular formula is C25H26N6O2. The molecule has 0 bridgehead atoms. The Balaban J connectivity index is 1.33. The van der Waals surface area contributed by atoms with Crippen molar-refractivity contribution in [3.8, 4) is 17.0 Å². The van der Waals surface area contributed by atoms with E-state index in [0.717, 1.165) is 42.2 Å². The molecule has 0 saturated carbocycles. The third-order valence-corrected chi connectivity index (χ3v) is 6.09. The minimum atomic E-state index is -0.0950. The van der Waals surface area contributed by atoms with Crippen LogP contribution in [0.3, 0.4) is 0 Å². The Kier molecular flexibility index (Phi) is 5.75. The van der Waals surface area contributed by atoms with Crippen molar-refractivity contribution < 1.29 is 9.53 Å². The number of amides is 1. The van der Waals surface area contributed by atoms with Gasteiger partial charge in [-0.25, -0.2) is 9.97 Å². The zero-order valence-corrected chi connectivity index (χ0v) is 18.8. The SMILES string of the molecule is COc1ccc(-c2[nH]nc3ncc(C(=O)N4CCN(Cc5ccccc5)CC4)nc23)c(C)c1. The number of fused-ring (bicyclic) bond motifs is 1. The maximum Gasteiger partial charge on any atom is 0.274 e. The molecule has 1 amide bonds. The van der Waals surface area contributed by atoms with Crippen LogP contribution in [-0.4, -0.2) is 69.2 Å². The van der Waals surface area contributed by atoms with Gasteiger partial charge >= 0.3 is 0 Å². The van der Waals surface area contributed by atoms with Crippen LogP contribution < -0.4 is 4.74 Å². The number of aromatic amines is 1. The topological polar surface area (TPSA) is 87.2 Å². The van der Waals surface area contributed by atoms with E-state index in [4.69, 9.17) is 4.74 Å². The lowest BCUT2D eigenvalue weighted by molar-refractivity contribution is 0.0622. The van der Waals surface area contributed by atoms with Gasteiger partial charge in [0.05, 0.1) is 19.0 Å². The molecule has 1 saturated heterocycles. The number of aromatic nitrogens is 4. The van der Waals surface area contributed by atoms with Gasteiger partial charge in [-0.2, -0.15) is 5.10 Å². The number of aryl methyl sites for hydroxylation is 1. The van der Waals surface area contributed by atoms with Gasteiger partial charge in [-0.15, -0.1) is 0 Å². The van der Waals surface area contributed by atoms with Crippen molar-refractivity contribution in [1.82, 2.24) is 30.0 Å². The lowest BCUT2D eigenvalue weighted by Gasteiger charge is -2.34. The molecule has 2 aromatic carbocycles. The van der Waals surface area contributed by atoms with Crippen LogP contribution in [0.1, 0.15) is 21.6 Å². The first kappa shape index (κ1) is 21.1. The van der Waals surface area contributed by atoms with E-state index in [0.29, 0.717) is 29.9 Å². The third kappa shape index (κ3) is 4.29. The fourth-order valence-electron chi connectivity index (χ4n) is 4.24. The molecule has 1 fully saturated rings. The molecular weight excluding hydrogens is 416 g/mol. The van der Waals surface area contributed by atoms with E-state index < -0.39 is 0 Å². The average Bonchev–Trinajstić information content (AvgIpc) is 3.27. The summed E-state index contributed by atoms with van der Waals surface area (Å²) in [4.78, 5) is 26.5. The van der Waals surface area contributed by atoms with Crippen LogP contribution in [0.5, 0.6) is 5.75 Å². The molecule has 0 unspecified atom stereocenters. The molecule has 5 rings (SSSR count). The van der Waals surface area contributed by atoms with Crippen molar-refractivity contribution in [3.05, 3.63) is 71.5 Å². The summed E-state index contributed by atoms with van der Waals surface area (Å²) < 4.78 is 5.31. The molecule has 168 valence electrons. The van der Waals surface area contributed by atoms with E-state index in [1.807, 2.05) is 36.1 Å². The number of benzene rings is 2. The Hall–Kier alpha value is -3.78. The predicted octanol–water partition coefficient (Wildman–Crippen LogP) is 3.29. The summed E-state index contributed by atoms with van der Waals surface area (Å²) in [6.07, 6.45) is 1.52. The summed E-state index contributed by atoms with van der Waals surface area (Å²) in [5.74, 6) is 0.691. The fourth-order valence-corrected chi connectivity index (χ4v) is 4.24. The Morgan fingerprint density at radius 1 is 1.09 bits per heavy atom. The molecule has 3 heterocycles. The Morgan fingerprint density at radius 3 is 2.61 bits per heavy atom. The number of rotatable bonds is 5. The normalized spacial score (nSPS) is 14.5. The zero-order chi connectivity index (χ0) is 22.8. The van der Waals surface area contributed by atoms with Crippen molar-refractivity contribution in [2.24, 2.45) is 0 Å². The largest absolute Gasteiger partial charge is 0.497 e. The van der Waals surface area contributed by atoms with E-state index in [1.165, 1.54) is 11.8 Å². The highest BCUT2D eigenvalue weighted by Crippen LogP contribution is 2.29. The maximum absolute atomic E-state index is 13.2. The summed E-state index contributed by atoms with van der Waals surface area (Å²) in [7, 11) is 1.64. The van der Waals surface area contributed by atoms with Gasteiger partial charge in [-0.3, -0.25) is 14.8 Å². The molecule has 4 aromatic rings. The molecule has 1 aliphatic rings. The molecule has 8 nitrogen and oxygen atoms in total. The lowest BCUT2D eigenvalue weighted by atomic mass is 10.0. The number of methoxy groups -OCH3 is 1. The van der Waals surface area contributed by atoms with Gasteiger partial charge in [-0.1, -0.05) is 30.3 Å². The van der Waals surface area contributed by atoms with Crippen LogP contribution in [0.15, 0.2) is 54.7 Å². The van der Waals surface area contributed by atoms with Gasteiger partial charge in [0.15, 0.2) is 5.65 Å². The second kappa shape index (κ2) is 8.99. The smallest absolute Gasteiger partial charge is 0.274 e. The van der Waals surface area contributed by atoms with Gasteiger partial charge in [-0.05, 0) is 36.2 Å². The van der Waals surface area contributed by atoms with Gasteiger partial charge in [0.1, 0.15) is 17.0 Å². The molecule has 33 heavy (non-hydrogen) atoms. The molecule has 0 aliphatic carbocycles. The summed E-state index contributed by atoms with van der Waals surface area (Å²) in [5.41, 5.74) is 5.43. The highest BCUT2D eigenvalue weighted by atomic mass is 16.5. The number of carbonyl (C=O) groups excluding carboxylic acids is 1. The molecule has 8 heteroatoms. The number of carbonyl (C=O) groups is 1. The number of hydrogen-bond acceptors (Lipinski definition) is 6. The monoisotopic (exact) mass is 442 g/mol. The Labute approximate surface area is 192 Å². The molecule has 1 N–H and O–H groups in total. The first-order valence-corrected chi connectivity index (χ1v) is 11.0. The number of ether oxygens (including phenoxy) is 1. The van der Waals surface area contributed by atoms with Crippen molar-refractivity contribution in [3.63, 3.8) is 0 Å². The van der Waals surface area contributed by atoms with E-state index >= 15 is 0 Å². The van der Waals surface area contributed by atoms with Gasteiger partial charge < -0.3 is 9.64 Å². The van der Waals surface area contributed by atoms with Crippen molar-refractivity contribution >= 4 is 17.1 Å². The standard InChI is InChI=1S/C25H26N6O2/c1-17-14-19(33-2)8-9-20(17)22-23-24(29-28-22)26-15-21(27-23)25(32)31-12-10-30(11-13-31)16-18-6-4-3-5-7-18/h3-9,14-15H,10-13,16H2,1-2H3,(H,26,28,29). The number of piperazine rings is 1. The summed E-state index contributed by atoms with van der Waals surface area (Å²) in [5, 5.41) is 7.32. The predicted molar refractivity (Wildman–Crippen MR) is 126 cm³/mol. The summed E-state index contributed by atoms with van der Waals surface area (Å²) >= 11 is 0. The fraction of sp³-hybridized carbons (Fsp3) is 0.280. The zero-order valence-electron chi connectivity index (χ0n) is 18.8. The van der Waals surface area contributed by atoms with E-state index in [2.05, 4.69) is 49.3 Å². The maximum atomic E-state index is 13.2. The first-order valence-electron chi connectivity index (χ1n) is 11.0. The number of H-pyrrole nitrogens is 1. The van der Waals surface area contributed by atoms with Crippen molar-refractivity contribution in [2.45, 2.75) is 13.5 Å². The average molecular weight is 443 g/mol. The lowest BCUT2D eigenvalue weighted by Crippen LogP contribution is -2.48. The highest BCUT2D eigenvalue weighted by molar-refractivity contribution is 5.96. The van der Waals surface area contributed by atoms with Gasteiger partial charge in [0, 0.05) is 38.3 Å². The molecule has 0 atom stereocenters. The summed E-state index contributed by atoms with van der Waals surface area (Å²) in [6, 6.07) is 16.2. The van der Waals surface area contributed by atoms with Gasteiger partial charge in [0.2, 0.25) is 0 Å². The highest BCUT2D eigenvalue weighted by Gasteiger charge is 2.24. The number of hydrogen-bond donors (Lipinski definition) is 1. The van der Waals surface area contributed by atoms with Crippen LogP contribution >= 0.6 is 0 Å². The first-order chi connectivity index (χ1) is 16.1. The number of nitrogens with zero attached hydrogens (tertiary/aromatic N) is 5. The van der Waals surface area contributed by atoms with Crippen molar-refractivity contribution in [1.29, 1.82) is 0 Å². The minimum absolute atomic E-state index is 0.0950. The molecule has 0 spiro atoms.